The summed E-state index contributed by atoms with van der Waals surface area (Å²) in [6, 6.07) is 7.70. The van der Waals surface area contributed by atoms with Crippen molar-refractivity contribution in [3.8, 4) is 17.5 Å². The molecule has 0 radical (unpaired) electrons. The molecule has 166 valence electrons. The van der Waals surface area contributed by atoms with Gasteiger partial charge in [0.05, 0.1) is 23.2 Å². The quantitative estimate of drug-likeness (QED) is 0.575. The van der Waals surface area contributed by atoms with E-state index in [1.807, 2.05) is 19.1 Å². The van der Waals surface area contributed by atoms with Gasteiger partial charge in [-0.3, -0.25) is 9.88 Å². The van der Waals surface area contributed by atoms with Crippen LogP contribution in [0.3, 0.4) is 0 Å². The molecule has 0 aliphatic carbocycles. The molecule has 1 aliphatic heterocycles. The highest BCUT2D eigenvalue weighted by atomic mass is 32.2. The van der Waals surface area contributed by atoms with Gasteiger partial charge in [0, 0.05) is 50.3 Å². The minimum absolute atomic E-state index is 0.401. The molecule has 1 fully saturated rings. The van der Waals surface area contributed by atoms with E-state index in [1.54, 1.807) is 17.8 Å². The molecule has 0 aromatic carbocycles. The second-order valence-electron chi connectivity index (χ2n) is 7.46. The summed E-state index contributed by atoms with van der Waals surface area (Å²) in [6.07, 6.45) is 2.87. The van der Waals surface area contributed by atoms with Gasteiger partial charge >= 0.3 is 0 Å². The van der Waals surface area contributed by atoms with Crippen LogP contribution in [-0.4, -0.2) is 70.0 Å². The molecular formula is C20H22N8O2S2. The first-order valence-corrected chi connectivity index (χ1v) is 12.6. The fraction of sp³-hybridized carbons (Fsp3) is 0.350. The normalized spacial score (nSPS) is 15.4. The van der Waals surface area contributed by atoms with Crippen LogP contribution in [0, 0.1) is 18.3 Å². The molecule has 4 rings (SSSR count). The Morgan fingerprint density at radius 3 is 2.69 bits per heavy atom. The minimum atomic E-state index is -3.15. The average molecular weight is 471 g/mol. The molecule has 1 N–H and O–H groups in total. The Morgan fingerprint density at radius 2 is 1.97 bits per heavy atom. The molecule has 0 bridgehead atoms. The summed E-state index contributed by atoms with van der Waals surface area (Å²) in [5, 5.41) is 12.5. The molecule has 0 atom stereocenters. The van der Waals surface area contributed by atoms with Gasteiger partial charge in [-0.2, -0.15) is 9.57 Å². The lowest BCUT2D eigenvalue weighted by molar-refractivity contribution is 0.180. The molecule has 1 aliphatic rings. The van der Waals surface area contributed by atoms with E-state index >= 15 is 0 Å². The molecule has 1 saturated heterocycles. The molecule has 0 unspecified atom stereocenters. The van der Waals surface area contributed by atoms with Crippen LogP contribution >= 0.6 is 11.3 Å². The maximum Gasteiger partial charge on any atom is 0.227 e. The summed E-state index contributed by atoms with van der Waals surface area (Å²) in [5.41, 5.74) is 5.28. The molecule has 3 aromatic rings. The van der Waals surface area contributed by atoms with E-state index < -0.39 is 10.0 Å². The van der Waals surface area contributed by atoms with E-state index in [0.29, 0.717) is 54.9 Å². The monoisotopic (exact) mass is 470 g/mol. The summed E-state index contributed by atoms with van der Waals surface area (Å²) in [4.78, 5) is 20.3. The van der Waals surface area contributed by atoms with Gasteiger partial charge in [-0.05, 0) is 25.1 Å². The number of rotatable bonds is 6. The second-order valence-corrected chi connectivity index (χ2v) is 10.3. The van der Waals surface area contributed by atoms with Crippen molar-refractivity contribution >= 4 is 33.0 Å². The summed E-state index contributed by atoms with van der Waals surface area (Å²) < 4.78 is 24.9. The number of piperazine rings is 1. The Balaban J connectivity index is 1.47. The van der Waals surface area contributed by atoms with Gasteiger partial charge in [-0.25, -0.2) is 23.4 Å². The maximum atomic E-state index is 11.7. The highest BCUT2D eigenvalue weighted by Crippen LogP contribution is 2.24. The lowest BCUT2D eigenvalue weighted by atomic mass is 10.2. The number of aryl methyl sites for hydroxylation is 1. The number of sulfonamides is 1. The van der Waals surface area contributed by atoms with Crippen LogP contribution in [0.4, 0.5) is 11.6 Å². The highest BCUT2D eigenvalue weighted by molar-refractivity contribution is 7.88. The van der Waals surface area contributed by atoms with E-state index in [4.69, 9.17) is 0 Å². The Morgan fingerprint density at radius 1 is 1.19 bits per heavy atom. The number of hydrogen-bond acceptors (Lipinski definition) is 10. The molecule has 3 aromatic heterocycles. The number of hydrogen-bond donors (Lipinski definition) is 1. The fourth-order valence-corrected chi connectivity index (χ4v) is 4.94. The lowest BCUT2D eigenvalue weighted by Crippen LogP contribution is -2.47. The topological polar surface area (TPSA) is 128 Å². The Labute approximate surface area is 190 Å². The van der Waals surface area contributed by atoms with Crippen molar-refractivity contribution in [3.63, 3.8) is 0 Å². The minimum Gasteiger partial charge on any atom is -0.324 e. The molecule has 0 spiro atoms. The first-order valence-electron chi connectivity index (χ1n) is 9.91. The third-order valence-corrected chi connectivity index (χ3v) is 7.05. The van der Waals surface area contributed by atoms with Gasteiger partial charge in [0.1, 0.15) is 16.6 Å². The highest BCUT2D eigenvalue weighted by Gasteiger charge is 2.23. The number of thiazole rings is 1. The third-order valence-electron chi connectivity index (χ3n) is 5.02. The van der Waals surface area contributed by atoms with Gasteiger partial charge < -0.3 is 5.32 Å². The number of nitrogens with zero attached hydrogens (tertiary/aromatic N) is 7. The number of nitriles is 1. The molecule has 0 saturated carbocycles. The van der Waals surface area contributed by atoms with Crippen molar-refractivity contribution in [2.24, 2.45) is 0 Å². The van der Waals surface area contributed by atoms with E-state index in [-0.39, 0.29) is 0 Å². The van der Waals surface area contributed by atoms with Gasteiger partial charge in [0.15, 0.2) is 0 Å². The maximum absolute atomic E-state index is 11.7. The van der Waals surface area contributed by atoms with Crippen LogP contribution < -0.4 is 5.32 Å². The zero-order chi connectivity index (χ0) is 22.7. The van der Waals surface area contributed by atoms with Crippen molar-refractivity contribution < 1.29 is 8.42 Å². The number of aromatic nitrogens is 4. The fourth-order valence-electron chi connectivity index (χ4n) is 3.53. The van der Waals surface area contributed by atoms with E-state index in [9.17, 15) is 13.7 Å². The predicted octanol–water partition coefficient (Wildman–Crippen LogP) is 2.00. The van der Waals surface area contributed by atoms with Crippen molar-refractivity contribution in [2.45, 2.75) is 13.5 Å². The summed E-state index contributed by atoms with van der Waals surface area (Å²) in [6.45, 7) is 4.83. The third kappa shape index (κ3) is 5.25. The van der Waals surface area contributed by atoms with Crippen LogP contribution in [0.15, 0.2) is 29.9 Å². The van der Waals surface area contributed by atoms with Crippen molar-refractivity contribution in [3.05, 3.63) is 46.2 Å². The van der Waals surface area contributed by atoms with E-state index in [0.717, 1.165) is 17.1 Å². The van der Waals surface area contributed by atoms with Crippen LogP contribution in [0.5, 0.6) is 0 Å². The Bertz CT molecular complexity index is 1260. The number of pyridine rings is 1. The zero-order valence-electron chi connectivity index (χ0n) is 17.7. The SMILES string of the molecule is Cc1cc(Nc2nccc(-c3ncsc3C#N)n2)cc(CN2CCN(S(C)(=O)=O)CC2)n1. The summed E-state index contributed by atoms with van der Waals surface area (Å²) >= 11 is 1.27. The first kappa shape index (κ1) is 22.2. The van der Waals surface area contributed by atoms with E-state index in [2.05, 4.69) is 36.2 Å². The Kier molecular flexibility index (Phi) is 6.43. The first-order chi connectivity index (χ1) is 15.3. The van der Waals surface area contributed by atoms with Crippen molar-refractivity contribution in [1.29, 1.82) is 5.26 Å². The van der Waals surface area contributed by atoms with E-state index in [1.165, 1.54) is 21.9 Å². The summed E-state index contributed by atoms with van der Waals surface area (Å²) in [7, 11) is -3.15. The second kappa shape index (κ2) is 9.25. The van der Waals surface area contributed by atoms with Gasteiger partial charge in [-0.1, -0.05) is 0 Å². The molecule has 12 heteroatoms. The van der Waals surface area contributed by atoms with Crippen LogP contribution in [0.25, 0.3) is 11.4 Å². The smallest absolute Gasteiger partial charge is 0.227 e. The number of anilines is 2. The average Bonchev–Trinajstić information content (AvgIpc) is 3.22. The van der Waals surface area contributed by atoms with Crippen LogP contribution in [0.2, 0.25) is 0 Å². The largest absolute Gasteiger partial charge is 0.324 e. The van der Waals surface area contributed by atoms with Crippen molar-refractivity contribution in [1.82, 2.24) is 29.1 Å². The van der Waals surface area contributed by atoms with Gasteiger partial charge in [0.25, 0.3) is 0 Å². The van der Waals surface area contributed by atoms with Crippen LogP contribution in [0.1, 0.15) is 16.3 Å². The Hall–Kier alpha value is -2.98. The zero-order valence-corrected chi connectivity index (χ0v) is 19.3. The van der Waals surface area contributed by atoms with Crippen LogP contribution in [-0.2, 0) is 16.6 Å². The molecule has 32 heavy (non-hydrogen) atoms. The molecule has 0 amide bonds. The lowest BCUT2D eigenvalue weighted by Gasteiger charge is -2.33. The van der Waals surface area contributed by atoms with Gasteiger partial charge in [0.2, 0.25) is 16.0 Å². The molecule has 4 heterocycles. The predicted molar refractivity (Wildman–Crippen MR) is 122 cm³/mol. The summed E-state index contributed by atoms with van der Waals surface area (Å²) in [5.74, 6) is 0.401. The van der Waals surface area contributed by atoms with Gasteiger partial charge in [-0.15, -0.1) is 11.3 Å². The molecular weight excluding hydrogens is 448 g/mol. The number of nitrogens with one attached hydrogen (secondary N) is 1. The van der Waals surface area contributed by atoms with Crippen molar-refractivity contribution in [2.75, 3.05) is 37.8 Å². The standard InChI is InChI=1S/C20H22N8O2S2/c1-14-9-15(10-16(24-14)12-27-5-7-28(8-6-27)32(2,29)30)25-20-22-4-3-17(26-20)19-18(11-21)31-13-23-19/h3-4,9-10,13H,5-8,12H2,1-2H3,(H,22,24,25,26). The molecule has 10 nitrogen and oxygen atoms in total.